The molecule has 1 saturated heterocycles. The van der Waals surface area contributed by atoms with Crippen LogP contribution in [-0.4, -0.2) is 61.8 Å². The van der Waals surface area contributed by atoms with Gasteiger partial charge in [-0.2, -0.15) is 5.26 Å². The number of nitrogens with zero attached hydrogens (tertiary/aromatic N) is 4. The van der Waals surface area contributed by atoms with E-state index in [-0.39, 0.29) is 18.1 Å². The lowest BCUT2D eigenvalue weighted by Gasteiger charge is -2.36. The number of hydrogen-bond acceptors (Lipinski definition) is 6. The second-order valence-electron chi connectivity index (χ2n) is 7.16. The first-order valence-corrected chi connectivity index (χ1v) is 10.3. The molecule has 1 fully saturated rings. The van der Waals surface area contributed by atoms with Gasteiger partial charge < -0.3 is 19.6 Å². The Morgan fingerprint density at radius 1 is 1.10 bits per heavy atom. The Morgan fingerprint density at radius 2 is 1.77 bits per heavy atom. The molecular weight excluding hydrogens is 380 g/mol. The van der Waals surface area contributed by atoms with Gasteiger partial charge in [0.2, 0.25) is 5.91 Å². The number of carbonyl (C=O) groups is 1. The number of piperazine rings is 1. The van der Waals surface area contributed by atoms with Crippen molar-refractivity contribution < 1.29 is 14.6 Å². The molecule has 1 aliphatic rings. The largest absolute Gasteiger partial charge is 0.508 e. The van der Waals surface area contributed by atoms with E-state index < -0.39 is 0 Å². The van der Waals surface area contributed by atoms with E-state index in [1.807, 2.05) is 43.3 Å². The first-order chi connectivity index (χ1) is 14.6. The highest BCUT2D eigenvalue weighted by Crippen LogP contribution is 2.22. The number of nitriles is 1. The van der Waals surface area contributed by atoms with Gasteiger partial charge in [0.1, 0.15) is 11.5 Å². The van der Waals surface area contributed by atoms with Gasteiger partial charge in [-0.05, 0) is 55.5 Å². The van der Waals surface area contributed by atoms with Crippen LogP contribution in [0.1, 0.15) is 13.3 Å². The predicted octanol–water partition coefficient (Wildman–Crippen LogP) is 2.86. The number of ether oxygens (including phenoxy) is 1. The number of phenols is 1. The monoisotopic (exact) mass is 408 g/mol. The molecule has 158 valence electrons. The molecule has 0 spiro atoms. The van der Waals surface area contributed by atoms with Crippen molar-refractivity contribution in [3.8, 4) is 17.6 Å². The van der Waals surface area contributed by atoms with Crippen LogP contribution in [0.4, 0.5) is 11.4 Å². The van der Waals surface area contributed by atoms with Crippen LogP contribution < -0.4 is 14.5 Å². The Bertz CT molecular complexity index is 854. The van der Waals surface area contributed by atoms with Crippen molar-refractivity contribution in [1.29, 1.82) is 5.26 Å². The van der Waals surface area contributed by atoms with Crippen molar-refractivity contribution in [3.05, 3.63) is 48.5 Å². The van der Waals surface area contributed by atoms with Crippen LogP contribution in [0.15, 0.2) is 48.5 Å². The maximum absolute atomic E-state index is 13.0. The van der Waals surface area contributed by atoms with Crippen LogP contribution >= 0.6 is 0 Å². The normalized spacial score (nSPS) is 14.2. The number of aromatic hydroxyl groups is 1. The second kappa shape index (κ2) is 10.5. The molecule has 1 amide bonds. The van der Waals surface area contributed by atoms with Crippen LogP contribution in [0.2, 0.25) is 0 Å². The van der Waals surface area contributed by atoms with E-state index in [1.165, 1.54) is 0 Å². The molecule has 0 bridgehead atoms. The summed E-state index contributed by atoms with van der Waals surface area (Å²) in [6, 6.07) is 16.8. The topological polar surface area (TPSA) is 80.0 Å². The first-order valence-electron chi connectivity index (χ1n) is 10.3. The van der Waals surface area contributed by atoms with E-state index >= 15 is 0 Å². The molecule has 7 nitrogen and oxygen atoms in total. The van der Waals surface area contributed by atoms with Gasteiger partial charge in [0.25, 0.3) is 0 Å². The molecule has 0 aromatic heterocycles. The van der Waals surface area contributed by atoms with Crippen molar-refractivity contribution in [3.63, 3.8) is 0 Å². The standard InChI is InChI=1S/C23H28N4O3/c1-2-30-22-10-6-20(7-11-22)27(13-3-12-24)23(29)18-25-14-16-26(17-15-25)19-4-8-21(28)9-5-19/h4-11,28H,2-3,13-18H2,1H3. The van der Waals surface area contributed by atoms with Crippen molar-refractivity contribution in [1.82, 2.24) is 4.90 Å². The average Bonchev–Trinajstić information content (AvgIpc) is 2.76. The van der Waals surface area contributed by atoms with E-state index in [4.69, 9.17) is 10.00 Å². The smallest absolute Gasteiger partial charge is 0.241 e. The summed E-state index contributed by atoms with van der Waals surface area (Å²) in [5.74, 6) is 1.02. The molecule has 0 radical (unpaired) electrons. The maximum atomic E-state index is 13.0. The third-order valence-electron chi connectivity index (χ3n) is 5.15. The van der Waals surface area contributed by atoms with Crippen LogP contribution in [-0.2, 0) is 4.79 Å². The highest BCUT2D eigenvalue weighted by molar-refractivity contribution is 5.94. The molecule has 0 aliphatic carbocycles. The summed E-state index contributed by atoms with van der Waals surface area (Å²) >= 11 is 0. The Hall–Kier alpha value is -3.24. The van der Waals surface area contributed by atoms with Gasteiger partial charge in [-0.15, -0.1) is 0 Å². The molecular formula is C23H28N4O3. The van der Waals surface area contributed by atoms with Crippen LogP contribution in [0.3, 0.4) is 0 Å². The summed E-state index contributed by atoms with van der Waals surface area (Å²) in [5, 5.41) is 18.4. The lowest BCUT2D eigenvalue weighted by Crippen LogP contribution is -2.50. The minimum atomic E-state index is -0.00695. The van der Waals surface area contributed by atoms with Gasteiger partial charge >= 0.3 is 0 Å². The second-order valence-corrected chi connectivity index (χ2v) is 7.16. The fourth-order valence-corrected chi connectivity index (χ4v) is 3.55. The lowest BCUT2D eigenvalue weighted by atomic mass is 10.2. The Labute approximate surface area is 177 Å². The number of phenolic OH excluding ortho intramolecular Hbond substituents is 1. The Morgan fingerprint density at radius 3 is 2.37 bits per heavy atom. The number of amides is 1. The molecule has 1 heterocycles. The molecule has 2 aromatic carbocycles. The van der Waals surface area contributed by atoms with Crippen LogP contribution in [0.5, 0.6) is 11.5 Å². The molecule has 3 rings (SSSR count). The van der Waals surface area contributed by atoms with E-state index in [0.717, 1.165) is 43.3 Å². The molecule has 0 unspecified atom stereocenters. The maximum Gasteiger partial charge on any atom is 0.241 e. The Kier molecular flexibility index (Phi) is 7.52. The molecule has 7 heteroatoms. The Balaban J connectivity index is 1.59. The minimum Gasteiger partial charge on any atom is -0.508 e. The average molecular weight is 409 g/mol. The number of carbonyl (C=O) groups excluding carboxylic acids is 1. The van der Waals surface area contributed by atoms with Gasteiger partial charge in [-0.3, -0.25) is 9.69 Å². The summed E-state index contributed by atoms with van der Waals surface area (Å²) in [7, 11) is 0. The van der Waals surface area contributed by atoms with E-state index in [2.05, 4.69) is 15.9 Å². The zero-order valence-electron chi connectivity index (χ0n) is 17.3. The third-order valence-corrected chi connectivity index (χ3v) is 5.15. The van der Waals surface area contributed by atoms with Gasteiger partial charge in [0.05, 0.1) is 25.6 Å². The SMILES string of the molecule is CCOc1ccc(N(CCC#N)C(=O)CN2CCN(c3ccc(O)cc3)CC2)cc1. The van der Waals surface area contributed by atoms with E-state index in [1.54, 1.807) is 17.0 Å². The zero-order valence-corrected chi connectivity index (χ0v) is 17.3. The number of benzene rings is 2. The van der Waals surface area contributed by atoms with Crippen molar-refractivity contribution >= 4 is 17.3 Å². The summed E-state index contributed by atoms with van der Waals surface area (Å²) in [6.45, 7) is 6.41. The van der Waals surface area contributed by atoms with Gasteiger partial charge in [0.15, 0.2) is 0 Å². The number of rotatable bonds is 8. The van der Waals surface area contributed by atoms with Crippen molar-refractivity contribution in [2.45, 2.75) is 13.3 Å². The van der Waals surface area contributed by atoms with Gasteiger partial charge in [0, 0.05) is 44.1 Å². The summed E-state index contributed by atoms with van der Waals surface area (Å²) < 4.78 is 5.47. The fraction of sp³-hybridized carbons (Fsp3) is 0.391. The summed E-state index contributed by atoms with van der Waals surface area (Å²) in [4.78, 5) is 19.1. The lowest BCUT2D eigenvalue weighted by molar-refractivity contribution is -0.119. The molecule has 2 aromatic rings. The van der Waals surface area contributed by atoms with Crippen LogP contribution in [0.25, 0.3) is 0 Å². The van der Waals surface area contributed by atoms with Crippen LogP contribution in [0, 0.1) is 11.3 Å². The number of anilines is 2. The van der Waals surface area contributed by atoms with Crippen molar-refractivity contribution in [2.24, 2.45) is 0 Å². The quantitative estimate of drug-likeness (QED) is 0.724. The molecule has 0 saturated carbocycles. The van der Waals surface area contributed by atoms with E-state index in [0.29, 0.717) is 19.7 Å². The third kappa shape index (κ3) is 5.65. The fourth-order valence-electron chi connectivity index (χ4n) is 3.55. The molecule has 30 heavy (non-hydrogen) atoms. The highest BCUT2D eigenvalue weighted by atomic mass is 16.5. The van der Waals surface area contributed by atoms with Gasteiger partial charge in [-0.25, -0.2) is 0 Å². The van der Waals surface area contributed by atoms with Crippen molar-refractivity contribution in [2.75, 3.05) is 55.7 Å². The minimum absolute atomic E-state index is 0.00695. The summed E-state index contributed by atoms with van der Waals surface area (Å²) in [6.07, 6.45) is 0.285. The predicted molar refractivity (Wildman–Crippen MR) is 117 cm³/mol. The molecule has 1 N–H and O–H groups in total. The first kappa shape index (κ1) is 21.5. The van der Waals surface area contributed by atoms with E-state index in [9.17, 15) is 9.90 Å². The summed E-state index contributed by atoms with van der Waals surface area (Å²) in [5.41, 5.74) is 1.85. The zero-order chi connectivity index (χ0) is 21.3. The van der Waals surface area contributed by atoms with Gasteiger partial charge in [-0.1, -0.05) is 0 Å². The number of hydrogen-bond donors (Lipinski definition) is 1. The highest BCUT2D eigenvalue weighted by Gasteiger charge is 2.23. The molecule has 0 atom stereocenters. The molecule has 1 aliphatic heterocycles.